The lowest BCUT2D eigenvalue weighted by atomic mass is 9.85. The van der Waals surface area contributed by atoms with Crippen molar-refractivity contribution in [2.45, 2.75) is 58.3 Å². The van der Waals surface area contributed by atoms with Crippen molar-refractivity contribution in [3.63, 3.8) is 0 Å². The number of benzene rings is 1. The Kier molecular flexibility index (Phi) is 7.05. The van der Waals surface area contributed by atoms with Crippen LogP contribution in [-0.2, 0) is 9.59 Å². The number of hydrogen-bond donors (Lipinski definition) is 4. The summed E-state index contributed by atoms with van der Waals surface area (Å²) in [7, 11) is 0. The fourth-order valence-electron chi connectivity index (χ4n) is 3.48. The zero-order valence-corrected chi connectivity index (χ0v) is 17.5. The van der Waals surface area contributed by atoms with E-state index in [4.69, 9.17) is 10.4 Å². The van der Waals surface area contributed by atoms with Crippen molar-refractivity contribution in [3.8, 4) is 6.07 Å². The molecule has 1 fully saturated rings. The van der Waals surface area contributed by atoms with E-state index >= 15 is 0 Å². The fraction of sp³-hybridized carbons (Fsp3) is 0.524. The smallest absolute Gasteiger partial charge is 0.405 e. The van der Waals surface area contributed by atoms with Gasteiger partial charge in [0.2, 0.25) is 11.8 Å². The number of nitrogens with zero attached hydrogens (tertiary/aromatic N) is 2. The first-order valence-electron chi connectivity index (χ1n) is 9.72. The Hall–Kier alpha value is -3.12. The Morgan fingerprint density at radius 1 is 1.20 bits per heavy atom. The molecule has 1 heterocycles. The Bertz CT molecular complexity index is 840. The van der Waals surface area contributed by atoms with Crippen molar-refractivity contribution in [2.24, 2.45) is 5.41 Å². The van der Waals surface area contributed by atoms with Crippen LogP contribution in [-0.4, -0.2) is 57.8 Å². The van der Waals surface area contributed by atoms with Crippen molar-refractivity contribution in [1.29, 1.82) is 5.26 Å². The van der Waals surface area contributed by atoms with Crippen LogP contribution in [0.3, 0.4) is 0 Å². The summed E-state index contributed by atoms with van der Waals surface area (Å²) in [5.41, 5.74) is 0.575. The second-order valence-electron chi connectivity index (χ2n) is 8.61. The Balaban J connectivity index is 2.17. The van der Waals surface area contributed by atoms with Crippen molar-refractivity contribution >= 4 is 17.9 Å². The number of amides is 3. The van der Waals surface area contributed by atoms with E-state index < -0.39 is 41.5 Å². The molecular formula is C21H28N4O5. The summed E-state index contributed by atoms with van der Waals surface area (Å²) in [6, 6.07) is 6.46. The van der Waals surface area contributed by atoms with Gasteiger partial charge in [-0.1, -0.05) is 32.9 Å². The van der Waals surface area contributed by atoms with E-state index in [0.29, 0.717) is 5.56 Å². The van der Waals surface area contributed by atoms with Crippen molar-refractivity contribution in [3.05, 3.63) is 35.4 Å². The third-order valence-electron chi connectivity index (χ3n) is 5.14. The summed E-state index contributed by atoms with van der Waals surface area (Å²) in [6.07, 6.45) is -2.14. The van der Waals surface area contributed by atoms with E-state index in [1.54, 1.807) is 52.0 Å². The highest BCUT2D eigenvalue weighted by Crippen LogP contribution is 2.26. The quantitative estimate of drug-likeness (QED) is 0.571. The Morgan fingerprint density at radius 2 is 1.80 bits per heavy atom. The molecule has 3 amide bonds. The first-order chi connectivity index (χ1) is 13.9. The molecule has 0 radical (unpaired) electrons. The molecule has 0 unspecified atom stereocenters. The van der Waals surface area contributed by atoms with Gasteiger partial charge < -0.3 is 25.7 Å². The maximum Gasteiger partial charge on any atom is 0.405 e. The molecule has 4 N–H and O–H groups in total. The van der Waals surface area contributed by atoms with Gasteiger partial charge in [0.15, 0.2) is 0 Å². The SMILES string of the molecule is C[C@H](NC(=O)[C@@H]1C[C@@H](O)CN1C(=O)[C@@H](NC(=O)O)C(C)(C)C)c1ccc(C#N)cc1. The minimum Gasteiger partial charge on any atom is -0.465 e. The Morgan fingerprint density at radius 3 is 2.30 bits per heavy atom. The van der Waals surface area contributed by atoms with Crippen LogP contribution in [0.1, 0.15) is 51.3 Å². The highest BCUT2D eigenvalue weighted by molar-refractivity contribution is 5.92. The molecule has 0 aliphatic carbocycles. The van der Waals surface area contributed by atoms with E-state index in [1.165, 1.54) is 4.90 Å². The molecule has 1 aliphatic heterocycles. The lowest BCUT2D eigenvalue weighted by Crippen LogP contribution is -2.57. The largest absolute Gasteiger partial charge is 0.465 e. The third-order valence-corrected chi connectivity index (χ3v) is 5.14. The number of aliphatic hydroxyl groups is 1. The van der Waals surface area contributed by atoms with Gasteiger partial charge in [0, 0.05) is 13.0 Å². The topological polar surface area (TPSA) is 143 Å². The number of likely N-dealkylation sites (tertiary alicyclic amines) is 1. The number of carboxylic acid groups (broad SMARTS) is 1. The molecule has 1 saturated heterocycles. The van der Waals surface area contributed by atoms with Gasteiger partial charge in [0.25, 0.3) is 0 Å². The zero-order chi connectivity index (χ0) is 22.6. The molecule has 0 bridgehead atoms. The molecule has 30 heavy (non-hydrogen) atoms. The van der Waals surface area contributed by atoms with Gasteiger partial charge in [-0.2, -0.15) is 5.26 Å². The molecule has 0 saturated carbocycles. The predicted octanol–water partition coefficient (Wildman–Crippen LogP) is 1.38. The lowest BCUT2D eigenvalue weighted by Gasteiger charge is -2.34. The number of rotatable bonds is 5. The molecule has 1 aromatic rings. The van der Waals surface area contributed by atoms with Crippen LogP contribution in [0.25, 0.3) is 0 Å². The van der Waals surface area contributed by atoms with Gasteiger partial charge in [-0.25, -0.2) is 4.79 Å². The normalized spacial score (nSPS) is 20.7. The van der Waals surface area contributed by atoms with Gasteiger partial charge in [-0.05, 0) is 30.0 Å². The molecule has 9 nitrogen and oxygen atoms in total. The number of nitrogens with one attached hydrogen (secondary N) is 2. The van der Waals surface area contributed by atoms with Gasteiger partial charge >= 0.3 is 6.09 Å². The summed E-state index contributed by atoms with van der Waals surface area (Å²) in [4.78, 5) is 38.4. The number of β-amino-alcohol motifs (C(OH)–C–C–N with tert-alkyl or cyclic N) is 1. The fourth-order valence-corrected chi connectivity index (χ4v) is 3.48. The van der Waals surface area contributed by atoms with Crippen LogP contribution in [0, 0.1) is 16.7 Å². The number of carbonyl (C=O) groups is 3. The molecule has 0 aromatic heterocycles. The molecule has 162 valence electrons. The highest BCUT2D eigenvalue weighted by Gasteiger charge is 2.44. The van der Waals surface area contributed by atoms with Crippen LogP contribution in [0.5, 0.6) is 0 Å². The second kappa shape index (κ2) is 9.13. The molecule has 0 spiro atoms. The van der Waals surface area contributed by atoms with E-state index in [1.807, 2.05) is 6.07 Å². The zero-order valence-electron chi connectivity index (χ0n) is 17.5. The summed E-state index contributed by atoms with van der Waals surface area (Å²) in [5, 5.41) is 33.2. The maximum atomic E-state index is 13.1. The second-order valence-corrected chi connectivity index (χ2v) is 8.61. The van der Waals surface area contributed by atoms with Crippen LogP contribution in [0.15, 0.2) is 24.3 Å². The van der Waals surface area contributed by atoms with Crippen molar-refractivity contribution < 1.29 is 24.6 Å². The molecule has 9 heteroatoms. The summed E-state index contributed by atoms with van der Waals surface area (Å²) < 4.78 is 0. The van der Waals surface area contributed by atoms with E-state index in [-0.39, 0.29) is 19.0 Å². The standard InChI is InChI=1S/C21H28N4O5/c1-12(14-7-5-13(10-22)6-8-14)23-18(27)16-9-15(26)11-25(16)19(28)17(21(2,3)4)24-20(29)30/h5-8,12,15-17,24,26H,9,11H2,1-4H3,(H,23,27)(H,29,30)/t12-,15+,16-,17+/m0/s1. The van der Waals surface area contributed by atoms with Crippen LogP contribution < -0.4 is 10.6 Å². The Labute approximate surface area is 175 Å². The molecular weight excluding hydrogens is 388 g/mol. The monoisotopic (exact) mass is 416 g/mol. The third kappa shape index (κ3) is 5.48. The average molecular weight is 416 g/mol. The average Bonchev–Trinajstić information content (AvgIpc) is 3.06. The molecule has 1 aliphatic rings. The molecule has 4 atom stereocenters. The number of carbonyl (C=O) groups excluding carboxylic acids is 2. The van der Waals surface area contributed by atoms with Gasteiger partial charge in [0.05, 0.1) is 23.8 Å². The minimum atomic E-state index is -1.33. The van der Waals surface area contributed by atoms with Crippen LogP contribution >= 0.6 is 0 Å². The van der Waals surface area contributed by atoms with Crippen molar-refractivity contribution in [2.75, 3.05) is 6.54 Å². The van der Waals surface area contributed by atoms with Gasteiger partial charge in [-0.3, -0.25) is 9.59 Å². The van der Waals surface area contributed by atoms with E-state index in [0.717, 1.165) is 5.56 Å². The molecule has 1 aromatic carbocycles. The first kappa shape index (κ1) is 23.2. The number of hydrogen-bond acceptors (Lipinski definition) is 5. The van der Waals surface area contributed by atoms with E-state index in [9.17, 15) is 19.5 Å². The minimum absolute atomic E-state index is 0.0456. The summed E-state index contributed by atoms with van der Waals surface area (Å²) in [5.74, 6) is -0.979. The highest BCUT2D eigenvalue weighted by atomic mass is 16.4. The van der Waals surface area contributed by atoms with Gasteiger partial charge in [0.1, 0.15) is 12.1 Å². The predicted molar refractivity (Wildman–Crippen MR) is 108 cm³/mol. The number of aliphatic hydroxyl groups excluding tert-OH is 1. The summed E-state index contributed by atoms with van der Waals surface area (Å²) in [6.45, 7) is 6.90. The molecule has 2 rings (SSSR count). The number of nitriles is 1. The maximum absolute atomic E-state index is 13.1. The summed E-state index contributed by atoms with van der Waals surface area (Å²) >= 11 is 0. The lowest BCUT2D eigenvalue weighted by molar-refractivity contribution is -0.142. The first-order valence-corrected chi connectivity index (χ1v) is 9.72. The van der Waals surface area contributed by atoms with Crippen molar-refractivity contribution in [1.82, 2.24) is 15.5 Å². The van der Waals surface area contributed by atoms with Gasteiger partial charge in [-0.15, -0.1) is 0 Å². The van der Waals surface area contributed by atoms with E-state index in [2.05, 4.69) is 10.6 Å². The van der Waals surface area contributed by atoms with Crippen LogP contribution in [0.2, 0.25) is 0 Å². The van der Waals surface area contributed by atoms with Crippen LogP contribution in [0.4, 0.5) is 4.79 Å².